The van der Waals surface area contributed by atoms with Crippen LogP contribution in [0.25, 0.3) is 0 Å². The molecule has 0 aromatic heterocycles. The van der Waals surface area contributed by atoms with E-state index in [2.05, 4.69) is 75.9 Å². The topological polar surface area (TPSA) is 145 Å². The Labute approximate surface area is 395 Å². The number of likely N-dealkylation sites (N-methyl/N-ethyl adjacent to an activating group) is 1. The summed E-state index contributed by atoms with van der Waals surface area (Å²) in [5, 5.41) is 16.1. The molecule has 1 aromatic rings. The number of benzene rings is 1. The predicted octanol–water partition coefficient (Wildman–Crippen LogP) is 9.09. The maximum atomic E-state index is 14.3. The third kappa shape index (κ3) is 7.85. The van der Waals surface area contributed by atoms with Gasteiger partial charge >= 0.3 is 11.9 Å². The van der Waals surface area contributed by atoms with Gasteiger partial charge in [-0.15, -0.1) is 0 Å². The summed E-state index contributed by atoms with van der Waals surface area (Å²) in [4.78, 5) is 72.2. The fourth-order valence-corrected chi connectivity index (χ4v) is 16.1. The van der Waals surface area contributed by atoms with Crippen molar-refractivity contribution in [2.45, 2.75) is 158 Å². The van der Waals surface area contributed by atoms with Crippen LogP contribution in [-0.4, -0.2) is 91.0 Å². The first-order valence-corrected chi connectivity index (χ1v) is 25.5. The number of ketones is 1. The van der Waals surface area contributed by atoms with Crippen LogP contribution >= 0.6 is 0 Å². The van der Waals surface area contributed by atoms with Crippen LogP contribution in [0.4, 0.5) is 5.69 Å². The fraction of sp³-hybridized carbons (Fsp3) is 0.764. The van der Waals surface area contributed by atoms with Gasteiger partial charge in [-0.2, -0.15) is 0 Å². The predicted molar refractivity (Wildman–Crippen MR) is 258 cm³/mol. The second-order valence-corrected chi connectivity index (χ2v) is 25.4. The van der Waals surface area contributed by atoms with Gasteiger partial charge in [0, 0.05) is 67.6 Å². The Balaban J connectivity index is 0.948. The van der Waals surface area contributed by atoms with Crippen molar-refractivity contribution in [3.8, 4) is 0 Å². The lowest BCUT2D eigenvalue weighted by atomic mass is 9.33. The largest absolute Gasteiger partial charge is 0.481 e. The maximum Gasteiger partial charge on any atom is 0.309 e. The number of nitrogens with one attached hydrogen (secondary N) is 2. The first-order valence-electron chi connectivity index (χ1n) is 25.5. The number of Topliss-reactive ketones (excluding diaryl/α,β-unsaturated/α-hetero) is 1. The number of piperazine rings is 1. The summed E-state index contributed by atoms with van der Waals surface area (Å²) in [6, 6.07) is 7.81. The number of hydrogen-bond acceptors (Lipinski definition) is 8. The molecule has 10 atom stereocenters. The summed E-state index contributed by atoms with van der Waals surface area (Å²) in [5.74, 6) is -0.906. The summed E-state index contributed by atoms with van der Waals surface area (Å²) in [6.45, 7) is 28.4. The molecule has 0 bridgehead atoms. The van der Waals surface area contributed by atoms with Gasteiger partial charge in [-0.05, 0) is 154 Å². The number of fused-ring (bicyclic) bond motifs is 7. The highest BCUT2D eigenvalue weighted by Crippen LogP contribution is 2.77. The van der Waals surface area contributed by atoms with Crippen molar-refractivity contribution in [3.05, 3.63) is 41.0 Å². The van der Waals surface area contributed by atoms with Crippen molar-refractivity contribution >= 4 is 35.2 Å². The first kappa shape index (κ1) is 48.7. The van der Waals surface area contributed by atoms with Crippen molar-refractivity contribution in [3.63, 3.8) is 0 Å². The molecule has 7 aliphatic rings. The van der Waals surface area contributed by atoms with Gasteiger partial charge in [-0.1, -0.05) is 67.9 Å². The number of amides is 2. The number of anilines is 1. The third-order valence-electron chi connectivity index (χ3n) is 20.3. The Morgan fingerprint density at radius 2 is 1.48 bits per heavy atom. The molecule has 1 heterocycles. The number of carbonyl (C=O) groups excluding carboxylic acids is 4. The highest BCUT2D eigenvalue weighted by Gasteiger charge is 2.70. The van der Waals surface area contributed by atoms with Crippen molar-refractivity contribution < 1.29 is 33.8 Å². The van der Waals surface area contributed by atoms with E-state index in [4.69, 9.17) is 4.74 Å². The fourth-order valence-electron chi connectivity index (χ4n) is 16.1. The average molecular weight is 911 g/mol. The van der Waals surface area contributed by atoms with Crippen LogP contribution < -0.4 is 15.5 Å². The van der Waals surface area contributed by atoms with Crippen LogP contribution in [0.2, 0.25) is 0 Å². The molecule has 2 amide bonds. The Bertz CT molecular complexity index is 2150. The summed E-state index contributed by atoms with van der Waals surface area (Å²) in [6.07, 6.45) is 8.52. The standard InChI is InChI=1S/C55H82N4O7/c1-33(2)44-39(60)30-55(31-43(61)56-32-49(3,4)57-46(62)34-13-15-35(16-14-34)59-27-25-58(12)26-28-59)24-23-53(10)36(45(44)55)17-18-41-52(9)21-20-42(51(7,8)40(52)19-22-54(41,53)11)66-48(65)38-29-37(47(63)64)50(38,5)6/h13-16,33,36-38,40-42H,17-32H2,1-12H3,(H,56,61)(H,57,62)(H,63,64)/t36-,37+,38-,40+,41-,42+,52+,53-,54-,55+/m1/s1. The number of aliphatic carboxylic acids is 1. The van der Waals surface area contributed by atoms with Crippen molar-refractivity contribution in [1.82, 2.24) is 15.5 Å². The lowest BCUT2D eigenvalue weighted by Crippen LogP contribution is -2.66. The van der Waals surface area contributed by atoms with E-state index in [-0.39, 0.29) is 76.1 Å². The number of ether oxygens (including phenoxy) is 1. The maximum absolute atomic E-state index is 14.3. The number of hydrogen-bond donors (Lipinski definition) is 3. The molecule has 1 aliphatic heterocycles. The molecule has 0 radical (unpaired) electrons. The number of allylic oxidation sites excluding steroid dienone is 2. The molecule has 6 aliphatic carbocycles. The second-order valence-electron chi connectivity index (χ2n) is 25.4. The van der Waals surface area contributed by atoms with Crippen LogP contribution in [0, 0.1) is 68.0 Å². The number of carboxylic acid groups (broad SMARTS) is 1. The van der Waals surface area contributed by atoms with Crippen LogP contribution in [0.1, 0.15) is 157 Å². The lowest BCUT2D eigenvalue weighted by molar-refractivity contribution is -0.236. The summed E-state index contributed by atoms with van der Waals surface area (Å²) >= 11 is 0. The molecule has 364 valence electrons. The Kier molecular flexibility index (Phi) is 12.4. The highest BCUT2D eigenvalue weighted by atomic mass is 16.5. The summed E-state index contributed by atoms with van der Waals surface area (Å²) in [5.41, 5.74) is 1.91. The number of rotatable bonds is 11. The van der Waals surface area contributed by atoms with Crippen LogP contribution in [0.3, 0.4) is 0 Å². The van der Waals surface area contributed by atoms with E-state index in [1.807, 2.05) is 52.0 Å². The molecule has 11 nitrogen and oxygen atoms in total. The molecule has 1 aromatic carbocycles. The molecular formula is C55H82N4O7. The zero-order valence-electron chi connectivity index (χ0n) is 42.5. The molecule has 8 rings (SSSR count). The van der Waals surface area contributed by atoms with Gasteiger partial charge in [0.15, 0.2) is 5.78 Å². The van der Waals surface area contributed by atoms with Gasteiger partial charge in [0.1, 0.15) is 6.10 Å². The van der Waals surface area contributed by atoms with E-state index in [1.165, 1.54) is 5.57 Å². The van der Waals surface area contributed by atoms with Crippen LogP contribution in [0.5, 0.6) is 0 Å². The Morgan fingerprint density at radius 1 is 0.818 bits per heavy atom. The molecule has 3 N–H and O–H groups in total. The van der Waals surface area contributed by atoms with Gasteiger partial charge in [-0.3, -0.25) is 24.0 Å². The minimum atomic E-state index is -0.839. The normalized spacial score (nSPS) is 37.2. The molecule has 1 saturated heterocycles. The van der Waals surface area contributed by atoms with Crippen molar-refractivity contribution in [1.29, 1.82) is 0 Å². The average Bonchev–Trinajstić information content (AvgIpc) is 3.52. The van der Waals surface area contributed by atoms with Crippen molar-refractivity contribution in [2.24, 2.45) is 68.0 Å². The van der Waals surface area contributed by atoms with E-state index in [1.54, 1.807) is 0 Å². The monoisotopic (exact) mass is 911 g/mol. The van der Waals surface area contributed by atoms with Gasteiger partial charge in [0.2, 0.25) is 5.91 Å². The Morgan fingerprint density at radius 3 is 2.11 bits per heavy atom. The number of carboxylic acids is 1. The minimum Gasteiger partial charge on any atom is -0.481 e. The van der Waals surface area contributed by atoms with E-state index in [9.17, 15) is 29.1 Å². The van der Waals surface area contributed by atoms with Crippen LogP contribution in [0.15, 0.2) is 35.4 Å². The zero-order valence-corrected chi connectivity index (χ0v) is 42.5. The SMILES string of the molecule is CC(C)C1=C2[C@H]3CC[C@@H]4[C@@]5(C)CC[C@H](OC(=O)[C@H]6C[C@@H](C(=O)O)C6(C)C)C(C)(C)[C@@H]5CC[C@@]4(C)[C@]3(C)CC[C@@]2(CC(=O)NCC(C)(C)NC(=O)c2ccc(N3CCN(C)CC3)cc2)CC1=O. The van der Waals surface area contributed by atoms with Crippen LogP contribution in [-0.2, 0) is 23.9 Å². The van der Waals surface area contributed by atoms with E-state index in [0.29, 0.717) is 30.2 Å². The quantitative estimate of drug-likeness (QED) is 0.185. The minimum absolute atomic E-state index is 0.0187. The highest BCUT2D eigenvalue weighted by molar-refractivity contribution is 6.01. The second kappa shape index (κ2) is 16.8. The molecular weight excluding hydrogens is 829 g/mol. The lowest BCUT2D eigenvalue weighted by Gasteiger charge is -2.72. The summed E-state index contributed by atoms with van der Waals surface area (Å²) in [7, 11) is 2.14. The van der Waals surface area contributed by atoms with E-state index >= 15 is 0 Å². The molecule has 66 heavy (non-hydrogen) atoms. The van der Waals surface area contributed by atoms with Gasteiger partial charge in [-0.25, -0.2) is 0 Å². The van der Waals surface area contributed by atoms with E-state index in [0.717, 1.165) is 88.8 Å². The molecule has 6 fully saturated rings. The molecule has 5 saturated carbocycles. The van der Waals surface area contributed by atoms with Gasteiger partial charge in [0.05, 0.1) is 17.4 Å². The smallest absolute Gasteiger partial charge is 0.309 e. The Hall–Kier alpha value is -3.73. The zero-order chi connectivity index (χ0) is 48.2. The van der Waals surface area contributed by atoms with Crippen molar-refractivity contribution in [2.75, 3.05) is 44.7 Å². The van der Waals surface area contributed by atoms with Gasteiger partial charge < -0.3 is 30.3 Å². The summed E-state index contributed by atoms with van der Waals surface area (Å²) < 4.78 is 6.44. The van der Waals surface area contributed by atoms with E-state index < -0.39 is 34.2 Å². The number of esters is 1. The molecule has 11 heteroatoms. The molecule has 0 spiro atoms. The molecule has 0 unspecified atom stereocenters. The van der Waals surface area contributed by atoms with Gasteiger partial charge in [0.25, 0.3) is 5.91 Å². The third-order valence-corrected chi connectivity index (χ3v) is 20.3. The first-order chi connectivity index (χ1) is 30.7. The number of nitrogens with zero attached hydrogens (tertiary/aromatic N) is 2. The number of carbonyl (C=O) groups is 5.